The number of nitrogens with zero attached hydrogens (tertiary/aromatic N) is 1. The average molecular weight is 213 g/mol. The molecule has 2 rings (SSSR count). The lowest BCUT2D eigenvalue weighted by Crippen LogP contribution is -1.95. The standard InChI is InChI=1S/C9H9ClN2S/c10-7(8-2-1-5-13-8)6-9-11-3-4-12-9/h1-5,7H,6H2,(H,11,12). The van der Waals surface area contributed by atoms with Gasteiger partial charge in [0.1, 0.15) is 5.82 Å². The minimum absolute atomic E-state index is 0.0335. The van der Waals surface area contributed by atoms with Crippen LogP contribution in [0.4, 0.5) is 0 Å². The van der Waals surface area contributed by atoms with E-state index < -0.39 is 0 Å². The minimum atomic E-state index is 0.0335. The van der Waals surface area contributed by atoms with E-state index in [1.807, 2.05) is 23.7 Å². The molecule has 2 nitrogen and oxygen atoms in total. The average Bonchev–Trinajstić information content (AvgIpc) is 2.74. The molecular weight excluding hydrogens is 204 g/mol. The molecule has 0 amide bonds. The summed E-state index contributed by atoms with van der Waals surface area (Å²) >= 11 is 7.87. The molecule has 0 radical (unpaired) electrons. The molecule has 1 unspecified atom stereocenters. The Morgan fingerprint density at radius 2 is 2.54 bits per heavy atom. The maximum absolute atomic E-state index is 6.19. The normalized spacial score (nSPS) is 13.0. The first kappa shape index (κ1) is 8.78. The first-order valence-corrected chi connectivity index (χ1v) is 5.33. The number of thiophene rings is 1. The molecule has 0 spiro atoms. The van der Waals surface area contributed by atoms with Crippen LogP contribution in [-0.4, -0.2) is 9.97 Å². The number of aromatic amines is 1. The zero-order valence-corrected chi connectivity index (χ0v) is 8.48. The Kier molecular flexibility index (Phi) is 2.66. The molecule has 0 bridgehead atoms. The zero-order valence-electron chi connectivity index (χ0n) is 6.90. The molecule has 68 valence electrons. The topological polar surface area (TPSA) is 28.7 Å². The summed E-state index contributed by atoms with van der Waals surface area (Å²) in [5, 5.41) is 2.07. The molecule has 1 atom stereocenters. The monoisotopic (exact) mass is 212 g/mol. The number of alkyl halides is 1. The highest BCUT2D eigenvalue weighted by Crippen LogP contribution is 2.27. The molecule has 0 aliphatic rings. The second-order valence-electron chi connectivity index (χ2n) is 2.72. The van der Waals surface area contributed by atoms with E-state index in [1.54, 1.807) is 17.5 Å². The third-order valence-corrected chi connectivity index (χ3v) is 3.28. The molecule has 2 heterocycles. The highest BCUT2D eigenvalue weighted by molar-refractivity contribution is 7.10. The lowest BCUT2D eigenvalue weighted by molar-refractivity contribution is 0.868. The van der Waals surface area contributed by atoms with Crippen LogP contribution < -0.4 is 0 Å². The number of H-pyrrole nitrogens is 1. The van der Waals surface area contributed by atoms with Gasteiger partial charge in [-0.15, -0.1) is 22.9 Å². The molecule has 1 N–H and O–H groups in total. The van der Waals surface area contributed by atoms with E-state index in [4.69, 9.17) is 11.6 Å². The van der Waals surface area contributed by atoms with Gasteiger partial charge in [0.25, 0.3) is 0 Å². The van der Waals surface area contributed by atoms with Gasteiger partial charge in [-0.05, 0) is 11.4 Å². The fourth-order valence-corrected chi connectivity index (χ4v) is 2.23. The third-order valence-electron chi connectivity index (χ3n) is 1.78. The van der Waals surface area contributed by atoms with Crippen LogP contribution in [-0.2, 0) is 6.42 Å². The molecule has 4 heteroatoms. The Morgan fingerprint density at radius 3 is 3.15 bits per heavy atom. The first-order valence-electron chi connectivity index (χ1n) is 4.02. The van der Waals surface area contributed by atoms with Crippen molar-refractivity contribution < 1.29 is 0 Å². The number of rotatable bonds is 3. The number of halogens is 1. The lowest BCUT2D eigenvalue weighted by Gasteiger charge is -2.03. The molecule has 0 aromatic carbocycles. The van der Waals surface area contributed by atoms with Crippen LogP contribution in [0.3, 0.4) is 0 Å². The Balaban J connectivity index is 2.04. The van der Waals surface area contributed by atoms with Crippen molar-refractivity contribution in [1.82, 2.24) is 9.97 Å². The molecule has 0 fully saturated rings. The zero-order chi connectivity index (χ0) is 9.10. The summed E-state index contributed by atoms with van der Waals surface area (Å²) in [6.07, 6.45) is 4.32. The van der Waals surface area contributed by atoms with Crippen molar-refractivity contribution in [3.05, 3.63) is 40.6 Å². The maximum atomic E-state index is 6.19. The fraction of sp³-hybridized carbons (Fsp3) is 0.222. The van der Waals surface area contributed by atoms with E-state index in [9.17, 15) is 0 Å². The molecular formula is C9H9ClN2S. The van der Waals surface area contributed by atoms with Crippen LogP contribution in [0.5, 0.6) is 0 Å². The second kappa shape index (κ2) is 3.94. The van der Waals surface area contributed by atoms with Crippen molar-refractivity contribution in [2.75, 3.05) is 0 Å². The van der Waals surface area contributed by atoms with Gasteiger partial charge in [-0.3, -0.25) is 0 Å². The summed E-state index contributed by atoms with van der Waals surface area (Å²) in [7, 11) is 0. The van der Waals surface area contributed by atoms with E-state index in [2.05, 4.69) is 9.97 Å². The molecule has 0 aliphatic carbocycles. The van der Waals surface area contributed by atoms with E-state index in [0.29, 0.717) is 0 Å². The maximum Gasteiger partial charge on any atom is 0.107 e. The number of hydrogen-bond donors (Lipinski definition) is 1. The second-order valence-corrected chi connectivity index (χ2v) is 4.23. The van der Waals surface area contributed by atoms with Crippen LogP contribution >= 0.6 is 22.9 Å². The predicted molar refractivity (Wildman–Crippen MR) is 55.2 cm³/mol. The van der Waals surface area contributed by atoms with Crippen molar-refractivity contribution in [3.8, 4) is 0 Å². The van der Waals surface area contributed by atoms with E-state index in [0.717, 1.165) is 12.2 Å². The Hall–Kier alpha value is -0.800. The van der Waals surface area contributed by atoms with Gasteiger partial charge in [0.05, 0.1) is 5.38 Å². The number of hydrogen-bond acceptors (Lipinski definition) is 2. The number of nitrogens with one attached hydrogen (secondary N) is 1. The van der Waals surface area contributed by atoms with Gasteiger partial charge in [-0.2, -0.15) is 0 Å². The molecule has 2 aromatic heterocycles. The van der Waals surface area contributed by atoms with Crippen molar-refractivity contribution >= 4 is 22.9 Å². The summed E-state index contributed by atoms with van der Waals surface area (Å²) in [5.41, 5.74) is 0. The van der Waals surface area contributed by atoms with Gasteiger partial charge in [-0.25, -0.2) is 4.98 Å². The lowest BCUT2D eigenvalue weighted by atomic mass is 10.2. The Bertz CT molecular complexity index is 342. The number of imidazole rings is 1. The number of aromatic nitrogens is 2. The van der Waals surface area contributed by atoms with Gasteiger partial charge < -0.3 is 4.98 Å². The smallest absolute Gasteiger partial charge is 0.107 e. The van der Waals surface area contributed by atoms with Gasteiger partial charge in [0, 0.05) is 23.7 Å². The predicted octanol–water partition coefficient (Wildman–Crippen LogP) is 2.99. The first-order chi connectivity index (χ1) is 6.36. The minimum Gasteiger partial charge on any atom is -0.349 e. The largest absolute Gasteiger partial charge is 0.349 e. The van der Waals surface area contributed by atoms with Crippen LogP contribution in [0.1, 0.15) is 16.1 Å². The Labute approximate surface area is 85.6 Å². The highest BCUT2D eigenvalue weighted by atomic mass is 35.5. The molecule has 0 saturated carbocycles. The quantitative estimate of drug-likeness (QED) is 0.779. The van der Waals surface area contributed by atoms with Crippen LogP contribution in [0.2, 0.25) is 0 Å². The van der Waals surface area contributed by atoms with E-state index in [1.165, 1.54) is 4.88 Å². The summed E-state index contributed by atoms with van der Waals surface area (Å²) in [5.74, 6) is 0.938. The van der Waals surface area contributed by atoms with Gasteiger partial charge >= 0.3 is 0 Å². The van der Waals surface area contributed by atoms with E-state index >= 15 is 0 Å². The van der Waals surface area contributed by atoms with Gasteiger partial charge in [-0.1, -0.05) is 6.07 Å². The van der Waals surface area contributed by atoms with Crippen LogP contribution in [0, 0.1) is 0 Å². The van der Waals surface area contributed by atoms with Gasteiger partial charge in [0.15, 0.2) is 0 Å². The van der Waals surface area contributed by atoms with Crippen molar-refractivity contribution in [2.24, 2.45) is 0 Å². The summed E-state index contributed by atoms with van der Waals surface area (Å²) in [4.78, 5) is 8.36. The Morgan fingerprint density at radius 1 is 1.62 bits per heavy atom. The summed E-state index contributed by atoms with van der Waals surface area (Å²) in [6.45, 7) is 0. The molecule has 13 heavy (non-hydrogen) atoms. The van der Waals surface area contributed by atoms with Crippen molar-refractivity contribution in [2.45, 2.75) is 11.8 Å². The molecule has 0 aliphatic heterocycles. The van der Waals surface area contributed by atoms with Crippen LogP contribution in [0.25, 0.3) is 0 Å². The molecule has 0 saturated heterocycles. The third kappa shape index (κ3) is 2.11. The highest BCUT2D eigenvalue weighted by Gasteiger charge is 2.10. The SMILES string of the molecule is ClC(Cc1ncc[nH]1)c1cccs1. The van der Waals surface area contributed by atoms with Crippen molar-refractivity contribution in [3.63, 3.8) is 0 Å². The van der Waals surface area contributed by atoms with Crippen LogP contribution in [0.15, 0.2) is 29.9 Å². The fourth-order valence-electron chi connectivity index (χ4n) is 1.15. The van der Waals surface area contributed by atoms with Crippen molar-refractivity contribution in [1.29, 1.82) is 0 Å². The molecule has 2 aromatic rings. The van der Waals surface area contributed by atoms with Gasteiger partial charge in [0.2, 0.25) is 0 Å². The van der Waals surface area contributed by atoms with E-state index in [-0.39, 0.29) is 5.38 Å². The summed E-state index contributed by atoms with van der Waals surface area (Å²) < 4.78 is 0. The summed E-state index contributed by atoms with van der Waals surface area (Å²) in [6, 6.07) is 4.06.